The number of piperazine rings is 1. The normalized spacial score (nSPS) is 15.1. The van der Waals surface area contributed by atoms with Gasteiger partial charge in [0, 0.05) is 16.8 Å². The first-order chi connectivity index (χ1) is 11.7. The smallest absolute Gasteiger partial charge is 0.159 e. The third kappa shape index (κ3) is 3.64. The van der Waals surface area contributed by atoms with E-state index >= 15 is 0 Å². The zero-order valence-corrected chi connectivity index (χ0v) is 14.0. The van der Waals surface area contributed by atoms with Crippen LogP contribution in [-0.4, -0.2) is 32.0 Å². The molecule has 3 rings (SSSR count). The van der Waals surface area contributed by atoms with Gasteiger partial charge in [-0.1, -0.05) is 18.2 Å². The number of rotatable bonds is 4. The van der Waals surface area contributed by atoms with Gasteiger partial charge in [0.1, 0.15) is 6.54 Å². The minimum atomic E-state index is 0.104. The summed E-state index contributed by atoms with van der Waals surface area (Å²) in [7, 11) is 0. The van der Waals surface area contributed by atoms with Gasteiger partial charge in [0.15, 0.2) is 5.78 Å². The van der Waals surface area contributed by atoms with E-state index < -0.39 is 0 Å². The van der Waals surface area contributed by atoms with Crippen LogP contribution in [0.5, 0.6) is 0 Å². The summed E-state index contributed by atoms with van der Waals surface area (Å²) in [6.45, 7) is 6.58. The molecule has 0 aliphatic carbocycles. The average molecular weight is 320 g/mol. The molecule has 1 aliphatic heterocycles. The quantitative estimate of drug-likeness (QED) is 0.872. The Labute approximate surface area is 142 Å². The summed E-state index contributed by atoms with van der Waals surface area (Å²) in [6, 6.07) is 18.0. The summed E-state index contributed by atoms with van der Waals surface area (Å²) >= 11 is 0. The first-order valence-electron chi connectivity index (χ1n) is 8.35. The van der Waals surface area contributed by atoms with Crippen molar-refractivity contribution in [1.29, 1.82) is 5.26 Å². The van der Waals surface area contributed by atoms with Crippen LogP contribution in [0.2, 0.25) is 0 Å². The van der Waals surface area contributed by atoms with Gasteiger partial charge < -0.3 is 9.80 Å². The summed E-state index contributed by atoms with van der Waals surface area (Å²) < 4.78 is 0. The molecular weight excluding hydrogens is 298 g/mol. The standard InChI is InChI=1S/C20H21N3O/c1-16(24)17-6-8-20(9-7-17)23-12-10-22(11-13-23)15-19-5-3-2-4-18(19)14-21/h2-9H,10-13,15H2,1H3/p+1. The summed E-state index contributed by atoms with van der Waals surface area (Å²) in [6.07, 6.45) is 0. The second-order valence-electron chi connectivity index (χ2n) is 6.29. The summed E-state index contributed by atoms with van der Waals surface area (Å²) in [4.78, 5) is 15.2. The molecule has 1 heterocycles. The maximum absolute atomic E-state index is 11.4. The minimum Gasteiger partial charge on any atom is -0.360 e. The van der Waals surface area contributed by atoms with E-state index in [1.165, 1.54) is 10.6 Å². The van der Waals surface area contributed by atoms with Crippen LogP contribution in [-0.2, 0) is 6.54 Å². The number of ketones is 1. The second-order valence-corrected chi connectivity index (χ2v) is 6.29. The Morgan fingerprint density at radius 2 is 1.79 bits per heavy atom. The zero-order chi connectivity index (χ0) is 16.9. The molecule has 0 radical (unpaired) electrons. The number of carbonyl (C=O) groups excluding carboxylic acids is 1. The van der Waals surface area contributed by atoms with Crippen molar-refractivity contribution in [3.63, 3.8) is 0 Å². The molecule has 1 aliphatic rings. The fourth-order valence-electron chi connectivity index (χ4n) is 3.22. The molecule has 2 aromatic rings. The van der Waals surface area contributed by atoms with Crippen LogP contribution in [0.1, 0.15) is 28.4 Å². The van der Waals surface area contributed by atoms with E-state index in [-0.39, 0.29) is 5.78 Å². The molecule has 4 nitrogen and oxygen atoms in total. The fourth-order valence-corrected chi connectivity index (χ4v) is 3.22. The van der Waals surface area contributed by atoms with Crippen LogP contribution in [0.15, 0.2) is 48.5 Å². The molecule has 1 saturated heterocycles. The Balaban J connectivity index is 1.59. The lowest BCUT2D eigenvalue weighted by Gasteiger charge is -2.33. The molecule has 0 saturated carbocycles. The van der Waals surface area contributed by atoms with Crippen LogP contribution in [0.3, 0.4) is 0 Å². The van der Waals surface area contributed by atoms with Crippen LogP contribution < -0.4 is 9.80 Å². The lowest BCUT2D eigenvalue weighted by Crippen LogP contribution is -3.13. The van der Waals surface area contributed by atoms with Gasteiger partial charge in [-0.2, -0.15) is 5.26 Å². The van der Waals surface area contributed by atoms with E-state index in [0.717, 1.165) is 49.4 Å². The van der Waals surface area contributed by atoms with Gasteiger partial charge in [-0.25, -0.2) is 0 Å². The van der Waals surface area contributed by atoms with E-state index in [1.54, 1.807) is 6.92 Å². The highest BCUT2D eigenvalue weighted by Gasteiger charge is 2.21. The highest BCUT2D eigenvalue weighted by atomic mass is 16.1. The van der Waals surface area contributed by atoms with Crippen LogP contribution in [0.25, 0.3) is 0 Å². The number of hydrogen-bond acceptors (Lipinski definition) is 3. The van der Waals surface area contributed by atoms with Crippen molar-refractivity contribution in [2.24, 2.45) is 0 Å². The number of hydrogen-bond donors (Lipinski definition) is 1. The Morgan fingerprint density at radius 3 is 2.42 bits per heavy atom. The molecule has 0 spiro atoms. The minimum absolute atomic E-state index is 0.104. The van der Waals surface area contributed by atoms with Gasteiger partial charge in [-0.15, -0.1) is 0 Å². The Kier molecular flexibility index (Phi) is 4.93. The largest absolute Gasteiger partial charge is 0.360 e. The number of quaternary nitrogens is 1. The number of nitrogens with one attached hydrogen (secondary N) is 1. The van der Waals surface area contributed by atoms with Crippen LogP contribution in [0, 0.1) is 11.3 Å². The maximum atomic E-state index is 11.4. The van der Waals surface area contributed by atoms with Crippen molar-refractivity contribution in [3.05, 3.63) is 65.2 Å². The molecule has 0 bridgehead atoms. The molecule has 4 heteroatoms. The van der Waals surface area contributed by atoms with Crippen molar-refractivity contribution >= 4 is 11.5 Å². The van der Waals surface area contributed by atoms with Gasteiger partial charge in [-0.05, 0) is 37.3 Å². The third-order valence-corrected chi connectivity index (χ3v) is 4.69. The molecule has 2 aromatic carbocycles. The number of carbonyl (C=O) groups is 1. The highest BCUT2D eigenvalue weighted by Crippen LogP contribution is 2.15. The molecule has 1 N–H and O–H groups in total. The van der Waals surface area contributed by atoms with E-state index in [4.69, 9.17) is 0 Å². The lowest BCUT2D eigenvalue weighted by atomic mass is 10.1. The lowest BCUT2D eigenvalue weighted by molar-refractivity contribution is -0.914. The number of nitriles is 1. The Morgan fingerprint density at radius 1 is 1.12 bits per heavy atom. The van der Waals surface area contributed by atoms with E-state index in [9.17, 15) is 10.1 Å². The molecular formula is C20H22N3O+. The molecule has 0 unspecified atom stereocenters. The van der Waals surface area contributed by atoms with Gasteiger partial charge in [-0.3, -0.25) is 4.79 Å². The van der Waals surface area contributed by atoms with E-state index in [1.807, 2.05) is 42.5 Å². The predicted octanol–water partition coefficient (Wildman–Crippen LogP) is 1.67. The molecule has 0 aromatic heterocycles. The van der Waals surface area contributed by atoms with Crippen molar-refractivity contribution in [2.45, 2.75) is 13.5 Å². The molecule has 0 amide bonds. The fraction of sp³-hybridized carbons (Fsp3) is 0.300. The third-order valence-electron chi connectivity index (χ3n) is 4.69. The summed E-state index contributed by atoms with van der Waals surface area (Å²) in [5.74, 6) is 0.104. The number of Topliss-reactive ketones (excluding diaryl/α,β-unsaturated/α-hetero) is 1. The first-order valence-corrected chi connectivity index (χ1v) is 8.35. The van der Waals surface area contributed by atoms with E-state index in [0.29, 0.717) is 0 Å². The van der Waals surface area contributed by atoms with Crippen molar-refractivity contribution in [3.8, 4) is 6.07 Å². The predicted molar refractivity (Wildman–Crippen MR) is 94.2 cm³/mol. The second kappa shape index (κ2) is 7.29. The number of nitrogens with zero attached hydrogens (tertiary/aromatic N) is 2. The Hall–Kier alpha value is -2.64. The topological polar surface area (TPSA) is 48.5 Å². The van der Waals surface area contributed by atoms with Crippen LogP contribution in [0.4, 0.5) is 5.69 Å². The van der Waals surface area contributed by atoms with Crippen molar-refractivity contribution in [2.75, 3.05) is 31.1 Å². The van der Waals surface area contributed by atoms with Crippen molar-refractivity contribution < 1.29 is 9.69 Å². The molecule has 122 valence electrons. The zero-order valence-electron chi connectivity index (χ0n) is 14.0. The van der Waals surface area contributed by atoms with Crippen molar-refractivity contribution in [1.82, 2.24) is 0 Å². The number of benzene rings is 2. The molecule has 0 atom stereocenters. The Bertz CT molecular complexity index is 753. The van der Waals surface area contributed by atoms with Gasteiger partial charge in [0.2, 0.25) is 0 Å². The molecule has 24 heavy (non-hydrogen) atoms. The van der Waals surface area contributed by atoms with E-state index in [2.05, 4.69) is 17.0 Å². The summed E-state index contributed by atoms with van der Waals surface area (Å²) in [5, 5.41) is 9.21. The maximum Gasteiger partial charge on any atom is 0.159 e. The van der Waals surface area contributed by atoms with Gasteiger partial charge in [0.25, 0.3) is 0 Å². The number of anilines is 1. The summed E-state index contributed by atoms with van der Waals surface area (Å²) in [5.41, 5.74) is 3.86. The SMILES string of the molecule is CC(=O)c1ccc(N2CC[NH+](Cc3ccccc3C#N)CC2)cc1. The van der Waals surface area contributed by atoms with Crippen LogP contribution >= 0.6 is 0 Å². The highest BCUT2D eigenvalue weighted by molar-refractivity contribution is 5.94. The monoisotopic (exact) mass is 320 g/mol. The van der Waals surface area contributed by atoms with Gasteiger partial charge >= 0.3 is 0 Å². The average Bonchev–Trinajstić information content (AvgIpc) is 2.63. The van der Waals surface area contributed by atoms with Gasteiger partial charge in [0.05, 0.1) is 37.8 Å². The first kappa shape index (κ1) is 16.2. The molecule has 1 fully saturated rings.